The molecular weight excluding hydrogens is 767 g/mol. The van der Waals surface area contributed by atoms with E-state index in [-0.39, 0.29) is 0 Å². The Labute approximate surface area is 363 Å². The van der Waals surface area contributed by atoms with E-state index < -0.39 is 0 Å². The third-order valence-corrected chi connectivity index (χ3v) is 12.9. The van der Waals surface area contributed by atoms with Gasteiger partial charge in [-0.05, 0) is 145 Å². The first-order chi connectivity index (χ1) is 31.2. The molecule has 0 unspecified atom stereocenters. The molecule has 11 aromatic carbocycles. The monoisotopic (exact) mass is 803 g/mol. The fraction of sp³-hybridized carbons (Fsp3) is 0. The van der Waals surface area contributed by atoms with Crippen molar-refractivity contribution in [2.45, 2.75) is 0 Å². The second-order valence-electron chi connectivity index (χ2n) is 16.4. The van der Waals surface area contributed by atoms with Crippen molar-refractivity contribution in [3.8, 4) is 33.4 Å². The molecule has 0 aliphatic rings. The number of benzene rings is 11. The predicted molar refractivity (Wildman–Crippen MR) is 265 cm³/mol. The molecule has 0 N–H and O–H groups in total. The molecule has 3 heteroatoms. The molecule has 0 aliphatic carbocycles. The zero-order valence-corrected chi connectivity index (χ0v) is 34.1. The van der Waals surface area contributed by atoms with Crippen LogP contribution < -0.4 is 4.90 Å². The van der Waals surface area contributed by atoms with Crippen molar-refractivity contribution in [3.05, 3.63) is 224 Å². The molecule has 0 fully saturated rings. The van der Waals surface area contributed by atoms with Crippen LogP contribution >= 0.6 is 0 Å². The van der Waals surface area contributed by atoms with Crippen LogP contribution in [0.25, 0.3) is 110 Å². The van der Waals surface area contributed by atoms with Gasteiger partial charge >= 0.3 is 0 Å². The Morgan fingerprint density at radius 3 is 1.10 bits per heavy atom. The summed E-state index contributed by atoms with van der Waals surface area (Å²) in [6.07, 6.45) is 0. The zero-order valence-electron chi connectivity index (χ0n) is 34.1. The van der Waals surface area contributed by atoms with Crippen LogP contribution in [-0.2, 0) is 0 Å². The highest BCUT2D eigenvalue weighted by atomic mass is 16.3. The molecule has 2 heterocycles. The van der Waals surface area contributed by atoms with E-state index in [4.69, 9.17) is 8.83 Å². The van der Waals surface area contributed by atoms with Gasteiger partial charge < -0.3 is 13.7 Å². The van der Waals surface area contributed by atoms with Gasteiger partial charge in [-0.25, -0.2) is 0 Å². The molecule has 3 nitrogen and oxygen atoms in total. The van der Waals surface area contributed by atoms with Gasteiger partial charge in [0.15, 0.2) is 0 Å². The third kappa shape index (κ3) is 5.82. The normalized spacial score (nSPS) is 11.8. The molecule has 0 saturated heterocycles. The van der Waals surface area contributed by atoms with Crippen molar-refractivity contribution >= 4 is 93.3 Å². The quantitative estimate of drug-likeness (QED) is 0.157. The topological polar surface area (TPSA) is 29.5 Å². The minimum absolute atomic E-state index is 0.900. The lowest BCUT2D eigenvalue weighted by Gasteiger charge is -2.26. The molecule has 0 radical (unpaired) electrons. The molecule has 0 bridgehead atoms. The van der Waals surface area contributed by atoms with Gasteiger partial charge in [-0.3, -0.25) is 0 Å². The highest BCUT2D eigenvalue weighted by molar-refractivity contribution is 6.25. The van der Waals surface area contributed by atoms with Gasteiger partial charge in [0.05, 0.1) is 0 Å². The number of furan rings is 2. The van der Waals surface area contributed by atoms with Crippen molar-refractivity contribution in [2.24, 2.45) is 0 Å². The maximum atomic E-state index is 6.15. The van der Waals surface area contributed by atoms with Crippen LogP contribution in [0.15, 0.2) is 233 Å². The lowest BCUT2D eigenvalue weighted by molar-refractivity contribution is 0.668. The Balaban J connectivity index is 0.920. The summed E-state index contributed by atoms with van der Waals surface area (Å²) >= 11 is 0. The molecular formula is C60H37NO2. The van der Waals surface area contributed by atoms with Crippen LogP contribution in [-0.4, -0.2) is 0 Å². The fourth-order valence-corrected chi connectivity index (χ4v) is 9.78. The number of nitrogens with zero attached hydrogens (tertiary/aromatic N) is 1. The maximum absolute atomic E-state index is 6.15. The summed E-state index contributed by atoms with van der Waals surface area (Å²) in [6.45, 7) is 0. The van der Waals surface area contributed by atoms with E-state index in [1.165, 1.54) is 37.9 Å². The Kier molecular flexibility index (Phi) is 7.91. The molecule has 0 aliphatic heterocycles. The molecule has 0 saturated carbocycles. The summed E-state index contributed by atoms with van der Waals surface area (Å²) in [6, 6.07) is 80.8. The average Bonchev–Trinajstić information content (AvgIpc) is 3.92. The van der Waals surface area contributed by atoms with E-state index in [0.29, 0.717) is 0 Å². The highest BCUT2D eigenvalue weighted by Crippen LogP contribution is 2.42. The second kappa shape index (κ2) is 14.1. The van der Waals surface area contributed by atoms with E-state index in [1.807, 2.05) is 24.3 Å². The second-order valence-corrected chi connectivity index (χ2v) is 16.4. The Bertz CT molecular complexity index is 3720. The summed E-state index contributed by atoms with van der Waals surface area (Å²) in [5.41, 5.74) is 13.8. The molecule has 63 heavy (non-hydrogen) atoms. The Morgan fingerprint density at radius 1 is 0.206 bits per heavy atom. The number of hydrogen-bond acceptors (Lipinski definition) is 3. The van der Waals surface area contributed by atoms with Crippen LogP contribution in [0.3, 0.4) is 0 Å². The largest absolute Gasteiger partial charge is 0.456 e. The van der Waals surface area contributed by atoms with Gasteiger partial charge in [-0.15, -0.1) is 0 Å². The summed E-state index contributed by atoms with van der Waals surface area (Å²) < 4.78 is 12.3. The Morgan fingerprint density at radius 2 is 0.571 bits per heavy atom. The zero-order chi connectivity index (χ0) is 41.4. The molecule has 0 spiro atoms. The smallest absolute Gasteiger partial charge is 0.135 e. The van der Waals surface area contributed by atoms with Gasteiger partial charge in [0.1, 0.15) is 22.3 Å². The van der Waals surface area contributed by atoms with Crippen LogP contribution in [0, 0.1) is 0 Å². The number of fused-ring (bicyclic) bond motifs is 12. The van der Waals surface area contributed by atoms with Crippen LogP contribution in [0.1, 0.15) is 0 Å². The van der Waals surface area contributed by atoms with Gasteiger partial charge in [0, 0.05) is 38.6 Å². The first-order valence-corrected chi connectivity index (χ1v) is 21.5. The third-order valence-electron chi connectivity index (χ3n) is 12.9. The van der Waals surface area contributed by atoms with Crippen LogP contribution in [0.2, 0.25) is 0 Å². The standard InChI is InChI=1S/C60H37NO2/c1-2-14-49-47(12-1)48-13-3-4-15-50(48)54-35-43(24-31-51(49)54)40-10-9-11-46(34-40)61(44-27-20-38(21-28-44)41-25-32-59-55(36-41)52-16-5-7-18-57(52)62-59)45-29-22-39(23-30-45)42-26-33-60-56(37-42)53-17-6-8-19-58(53)63-60/h1-37H. The molecule has 2 aromatic heterocycles. The van der Waals surface area contributed by atoms with E-state index in [9.17, 15) is 0 Å². The number of anilines is 3. The summed E-state index contributed by atoms with van der Waals surface area (Å²) in [5.74, 6) is 0. The predicted octanol–water partition coefficient (Wildman–Crippen LogP) is 17.4. The van der Waals surface area contributed by atoms with Crippen molar-refractivity contribution in [2.75, 3.05) is 4.90 Å². The SMILES string of the molecule is c1cc(-c2ccc3c4ccccc4c4ccccc4c3c2)cc(N(c2ccc(-c3ccc4oc5ccccc5c4c3)cc2)c2ccc(-c3ccc4oc5ccccc5c4c3)cc2)c1. The van der Waals surface area contributed by atoms with Gasteiger partial charge in [0.2, 0.25) is 0 Å². The highest BCUT2D eigenvalue weighted by Gasteiger charge is 2.17. The van der Waals surface area contributed by atoms with Gasteiger partial charge in [0.25, 0.3) is 0 Å². The molecule has 0 atom stereocenters. The number of hydrogen-bond donors (Lipinski definition) is 0. The molecule has 0 amide bonds. The van der Waals surface area contributed by atoms with Gasteiger partial charge in [-0.1, -0.05) is 146 Å². The first kappa shape index (κ1) is 35.4. The van der Waals surface area contributed by atoms with E-state index in [2.05, 4.69) is 205 Å². The summed E-state index contributed by atoms with van der Waals surface area (Å²) in [7, 11) is 0. The lowest BCUT2D eigenvalue weighted by atomic mass is 9.92. The lowest BCUT2D eigenvalue weighted by Crippen LogP contribution is -2.10. The van der Waals surface area contributed by atoms with Crippen LogP contribution in [0.5, 0.6) is 0 Å². The minimum atomic E-state index is 0.900. The van der Waals surface area contributed by atoms with E-state index >= 15 is 0 Å². The molecule has 13 aromatic rings. The average molecular weight is 804 g/mol. The molecule has 13 rings (SSSR count). The Hall–Kier alpha value is -8.40. The summed E-state index contributed by atoms with van der Waals surface area (Å²) in [4.78, 5) is 2.36. The number of para-hydroxylation sites is 2. The first-order valence-electron chi connectivity index (χ1n) is 21.5. The minimum Gasteiger partial charge on any atom is -0.456 e. The molecule has 294 valence electrons. The van der Waals surface area contributed by atoms with Crippen LogP contribution in [0.4, 0.5) is 17.1 Å². The van der Waals surface area contributed by atoms with E-state index in [1.54, 1.807) is 0 Å². The van der Waals surface area contributed by atoms with Crippen molar-refractivity contribution in [1.29, 1.82) is 0 Å². The fourth-order valence-electron chi connectivity index (χ4n) is 9.78. The van der Waals surface area contributed by atoms with Crippen molar-refractivity contribution in [1.82, 2.24) is 0 Å². The summed E-state index contributed by atoms with van der Waals surface area (Å²) in [5, 5.41) is 12.2. The van der Waals surface area contributed by atoms with E-state index in [0.717, 1.165) is 88.8 Å². The van der Waals surface area contributed by atoms with Crippen molar-refractivity contribution in [3.63, 3.8) is 0 Å². The maximum Gasteiger partial charge on any atom is 0.135 e. The van der Waals surface area contributed by atoms with Gasteiger partial charge in [-0.2, -0.15) is 0 Å². The van der Waals surface area contributed by atoms with Crippen molar-refractivity contribution < 1.29 is 8.83 Å². The number of rotatable bonds is 6.